The Hall–Kier alpha value is -2.30. The van der Waals surface area contributed by atoms with Crippen LogP contribution in [0.1, 0.15) is 16.2 Å². The summed E-state index contributed by atoms with van der Waals surface area (Å²) in [4.78, 5) is 16.6. The first-order valence-electron chi connectivity index (χ1n) is 6.83. The molecule has 3 aromatic rings. The zero-order valence-corrected chi connectivity index (χ0v) is 13.7. The summed E-state index contributed by atoms with van der Waals surface area (Å²) < 4.78 is 5.61. The molecule has 2 aromatic carbocycles. The van der Waals surface area contributed by atoms with Gasteiger partial charge in [0.1, 0.15) is 0 Å². The highest BCUT2D eigenvalue weighted by atomic mass is 35.5. The molecule has 1 N–H and O–H groups in total. The van der Waals surface area contributed by atoms with E-state index in [-0.39, 0.29) is 11.7 Å². The molecule has 0 aliphatic heterocycles. The SMILES string of the molecule is Cc1nc(-c2ccc(Cl)cc2)oc1C(=O)Nc1ccc(Cl)cc1. The minimum absolute atomic E-state index is 0.171. The second kappa shape index (κ2) is 6.44. The third-order valence-electron chi connectivity index (χ3n) is 3.20. The number of halogens is 2. The number of benzene rings is 2. The molecule has 116 valence electrons. The maximum Gasteiger partial charge on any atom is 0.293 e. The molecule has 0 radical (unpaired) electrons. The molecule has 0 atom stereocenters. The number of oxazole rings is 1. The average Bonchev–Trinajstić information content (AvgIpc) is 2.92. The number of anilines is 1. The van der Waals surface area contributed by atoms with Gasteiger partial charge in [0.15, 0.2) is 0 Å². The average molecular weight is 347 g/mol. The van der Waals surface area contributed by atoms with Crippen LogP contribution in [0.4, 0.5) is 5.69 Å². The molecular weight excluding hydrogens is 335 g/mol. The van der Waals surface area contributed by atoms with Gasteiger partial charge in [-0.2, -0.15) is 0 Å². The number of amides is 1. The van der Waals surface area contributed by atoms with Crippen molar-refractivity contribution in [2.75, 3.05) is 5.32 Å². The fraction of sp³-hybridized carbons (Fsp3) is 0.0588. The van der Waals surface area contributed by atoms with Crippen LogP contribution < -0.4 is 5.32 Å². The van der Waals surface area contributed by atoms with Gasteiger partial charge >= 0.3 is 0 Å². The van der Waals surface area contributed by atoms with Crippen molar-refractivity contribution in [3.05, 3.63) is 70.0 Å². The predicted molar refractivity (Wildman–Crippen MR) is 91.1 cm³/mol. The fourth-order valence-electron chi connectivity index (χ4n) is 2.04. The number of rotatable bonds is 3. The second-order valence-corrected chi connectivity index (χ2v) is 5.77. The van der Waals surface area contributed by atoms with E-state index in [1.165, 1.54) is 0 Å². The number of carbonyl (C=O) groups excluding carboxylic acids is 1. The molecule has 23 heavy (non-hydrogen) atoms. The lowest BCUT2D eigenvalue weighted by Gasteiger charge is -2.03. The summed E-state index contributed by atoms with van der Waals surface area (Å²) in [5, 5.41) is 3.97. The Balaban J connectivity index is 1.84. The van der Waals surface area contributed by atoms with E-state index in [9.17, 15) is 4.79 Å². The van der Waals surface area contributed by atoms with E-state index < -0.39 is 0 Å². The molecule has 1 aromatic heterocycles. The Bertz CT molecular complexity index is 840. The van der Waals surface area contributed by atoms with E-state index >= 15 is 0 Å². The lowest BCUT2D eigenvalue weighted by Crippen LogP contribution is -2.12. The number of hydrogen-bond acceptors (Lipinski definition) is 3. The van der Waals surface area contributed by atoms with Crippen molar-refractivity contribution < 1.29 is 9.21 Å². The summed E-state index contributed by atoms with van der Waals surface area (Å²) in [5.41, 5.74) is 1.90. The molecular formula is C17H12Cl2N2O2. The van der Waals surface area contributed by atoms with Crippen LogP contribution in [0.15, 0.2) is 52.9 Å². The Morgan fingerprint density at radius 3 is 2.17 bits per heavy atom. The van der Waals surface area contributed by atoms with Crippen LogP contribution >= 0.6 is 23.2 Å². The third kappa shape index (κ3) is 3.55. The maximum atomic E-state index is 12.3. The van der Waals surface area contributed by atoms with E-state index in [0.717, 1.165) is 5.56 Å². The van der Waals surface area contributed by atoms with Crippen LogP contribution in [0.3, 0.4) is 0 Å². The smallest absolute Gasteiger partial charge is 0.293 e. The monoisotopic (exact) mass is 346 g/mol. The van der Waals surface area contributed by atoms with E-state index in [1.807, 2.05) is 0 Å². The minimum Gasteiger partial charge on any atom is -0.431 e. The number of carbonyl (C=O) groups is 1. The first kappa shape index (κ1) is 15.6. The van der Waals surface area contributed by atoms with Crippen molar-refractivity contribution in [1.29, 1.82) is 0 Å². The lowest BCUT2D eigenvalue weighted by atomic mass is 10.2. The van der Waals surface area contributed by atoms with Gasteiger partial charge in [-0.3, -0.25) is 4.79 Å². The molecule has 0 fully saturated rings. The van der Waals surface area contributed by atoms with Gasteiger partial charge < -0.3 is 9.73 Å². The molecule has 0 saturated carbocycles. The van der Waals surface area contributed by atoms with Crippen molar-refractivity contribution in [1.82, 2.24) is 4.98 Å². The summed E-state index contributed by atoms with van der Waals surface area (Å²) in [7, 11) is 0. The van der Waals surface area contributed by atoms with Gasteiger partial charge in [0.25, 0.3) is 5.91 Å². The number of aryl methyl sites for hydroxylation is 1. The van der Waals surface area contributed by atoms with E-state index in [2.05, 4.69) is 10.3 Å². The molecule has 0 saturated heterocycles. The summed E-state index contributed by atoms with van der Waals surface area (Å²) in [6.45, 7) is 1.72. The molecule has 0 aliphatic carbocycles. The largest absolute Gasteiger partial charge is 0.431 e. The summed E-state index contributed by atoms with van der Waals surface area (Å²) in [5.74, 6) is 0.183. The number of hydrogen-bond donors (Lipinski definition) is 1. The molecule has 6 heteroatoms. The van der Waals surface area contributed by atoms with Gasteiger partial charge in [-0.1, -0.05) is 23.2 Å². The highest BCUT2D eigenvalue weighted by Gasteiger charge is 2.18. The van der Waals surface area contributed by atoms with Crippen LogP contribution in [0, 0.1) is 6.92 Å². The maximum absolute atomic E-state index is 12.3. The van der Waals surface area contributed by atoms with Crippen molar-refractivity contribution in [3.63, 3.8) is 0 Å². The minimum atomic E-state index is -0.363. The zero-order valence-electron chi connectivity index (χ0n) is 12.1. The van der Waals surface area contributed by atoms with Crippen molar-refractivity contribution in [2.24, 2.45) is 0 Å². The molecule has 0 unspecified atom stereocenters. The van der Waals surface area contributed by atoms with Gasteiger partial charge in [-0.05, 0) is 55.5 Å². The van der Waals surface area contributed by atoms with Gasteiger partial charge in [0, 0.05) is 21.3 Å². The van der Waals surface area contributed by atoms with Crippen LogP contribution in [0.2, 0.25) is 10.0 Å². The standard InChI is InChI=1S/C17H12Cl2N2O2/c1-10-15(16(22)21-14-8-6-13(19)7-9-14)23-17(20-10)11-2-4-12(18)5-3-11/h2-9H,1H3,(H,21,22). The van der Waals surface area contributed by atoms with Crippen LogP contribution in [0.5, 0.6) is 0 Å². The molecule has 0 aliphatic rings. The second-order valence-electron chi connectivity index (χ2n) is 4.90. The summed E-state index contributed by atoms with van der Waals surface area (Å²) in [6, 6.07) is 13.9. The van der Waals surface area contributed by atoms with Gasteiger partial charge in [-0.15, -0.1) is 0 Å². The lowest BCUT2D eigenvalue weighted by molar-refractivity contribution is 0.0996. The Labute approximate surface area is 143 Å². The molecule has 1 heterocycles. The first-order valence-corrected chi connectivity index (χ1v) is 7.59. The zero-order chi connectivity index (χ0) is 16.4. The quantitative estimate of drug-likeness (QED) is 0.708. The summed E-state index contributed by atoms with van der Waals surface area (Å²) in [6.07, 6.45) is 0. The number of nitrogens with one attached hydrogen (secondary N) is 1. The molecule has 0 bridgehead atoms. The first-order chi connectivity index (χ1) is 11.0. The molecule has 3 rings (SSSR count). The van der Waals surface area contributed by atoms with Crippen molar-refractivity contribution in [2.45, 2.75) is 6.92 Å². The highest BCUT2D eigenvalue weighted by molar-refractivity contribution is 6.30. The van der Waals surface area contributed by atoms with Gasteiger partial charge in [0.05, 0.1) is 5.69 Å². The van der Waals surface area contributed by atoms with E-state index in [0.29, 0.717) is 27.3 Å². The van der Waals surface area contributed by atoms with Crippen LogP contribution in [-0.4, -0.2) is 10.9 Å². The van der Waals surface area contributed by atoms with Gasteiger partial charge in [0.2, 0.25) is 11.7 Å². The van der Waals surface area contributed by atoms with Crippen LogP contribution in [-0.2, 0) is 0 Å². The Kier molecular flexibility index (Phi) is 4.37. The van der Waals surface area contributed by atoms with Crippen LogP contribution in [0.25, 0.3) is 11.5 Å². The van der Waals surface area contributed by atoms with Crippen molar-refractivity contribution in [3.8, 4) is 11.5 Å². The fourth-order valence-corrected chi connectivity index (χ4v) is 2.30. The number of aromatic nitrogens is 1. The molecule has 4 nitrogen and oxygen atoms in total. The van der Waals surface area contributed by atoms with E-state index in [4.69, 9.17) is 27.6 Å². The normalized spacial score (nSPS) is 10.6. The summed E-state index contributed by atoms with van der Waals surface area (Å²) >= 11 is 11.7. The Morgan fingerprint density at radius 1 is 1.00 bits per heavy atom. The predicted octanol–water partition coefficient (Wildman–Crippen LogP) is 5.21. The Morgan fingerprint density at radius 2 is 1.57 bits per heavy atom. The molecule has 1 amide bonds. The third-order valence-corrected chi connectivity index (χ3v) is 3.70. The molecule has 0 spiro atoms. The van der Waals surface area contributed by atoms with Gasteiger partial charge in [-0.25, -0.2) is 4.98 Å². The topological polar surface area (TPSA) is 55.1 Å². The van der Waals surface area contributed by atoms with Crippen molar-refractivity contribution >= 4 is 34.8 Å². The highest BCUT2D eigenvalue weighted by Crippen LogP contribution is 2.24. The van der Waals surface area contributed by atoms with E-state index in [1.54, 1.807) is 55.5 Å². The number of nitrogens with zero attached hydrogens (tertiary/aromatic N) is 1.